The van der Waals surface area contributed by atoms with Crippen molar-refractivity contribution in [2.45, 2.75) is 58.4 Å². The second-order valence-electron chi connectivity index (χ2n) is 8.75. The molecule has 0 aliphatic heterocycles. The van der Waals surface area contributed by atoms with Crippen LogP contribution in [0.25, 0.3) is 32.9 Å². The fourth-order valence-electron chi connectivity index (χ4n) is 4.94. The second-order valence-corrected chi connectivity index (χ2v) is 8.75. The molecule has 0 amide bonds. The number of phenols is 1. The highest BCUT2D eigenvalue weighted by Crippen LogP contribution is 2.38. The fraction of sp³-hybridized carbons (Fsp3) is 0.346. The van der Waals surface area contributed by atoms with Gasteiger partial charge < -0.3 is 10.4 Å². The highest BCUT2D eigenvalue weighted by Gasteiger charge is 2.22. The first kappa shape index (κ1) is 21.5. The number of fused-ring (bicyclic) bond motifs is 2. The van der Waals surface area contributed by atoms with E-state index in [1.807, 2.05) is 6.92 Å². The van der Waals surface area contributed by atoms with Crippen molar-refractivity contribution in [2.24, 2.45) is 0 Å². The van der Waals surface area contributed by atoms with Gasteiger partial charge in [-0.1, -0.05) is 32.3 Å². The van der Waals surface area contributed by atoms with Crippen LogP contribution in [0.1, 0.15) is 50.4 Å². The summed E-state index contributed by atoms with van der Waals surface area (Å²) in [5.41, 5.74) is 1.00. The number of halogens is 2. The third-order valence-corrected chi connectivity index (χ3v) is 6.50. The summed E-state index contributed by atoms with van der Waals surface area (Å²) in [6.07, 6.45) is 7.67. The molecule has 1 saturated carbocycles. The van der Waals surface area contributed by atoms with E-state index in [9.17, 15) is 9.50 Å². The number of hydrogen-bond acceptors (Lipinski definition) is 5. The second kappa shape index (κ2) is 8.54. The van der Waals surface area contributed by atoms with Crippen LogP contribution >= 0.6 is 0 Å². The zero-order chi connectivity index (χ0) is 23.1. The van der Waals surface area contributed by atoms with E-state index in [0.717, 1.165) is 25.7 Å². The van der Waals surface area contributed by atoms with Crippen molar-refractivity contribution in [1.29, 1.82) is 0 Å². The minimum absolute atomic E-state index is 0.0328. The van der Waals surface area contributed by atoms with Crippen molar-refractivity contribution in [3.63, 3.8) is 0 Å². The first-order valence-corrected chi connectivity index (χ1v) is 11.5. The van der Waals surface area contributed by atoms with Crippen LogP contribution in [0.4, 0.5) is 14.6 Å². The van der Waals surface area contributed by atoms with Crippen LogP contribution in [0.2, 0.25) is 0 Å². The molecule has 1 aliphatic rings. The Morgan fingerprint density at radius 3 is 2.64 bits per heavy atom. The molecule has 1 fully saturated rings. The molecule has 0 unspecified atom stereocenters. The van der Waals surface area contributed by atoms with E-state index in [4.69, 9.17) is 0 Å². The minimum Gasteiger partial charge on any atom is -0.508 e. The topological polar surface area (TPSA) is 70.9 Å². The minimum atomic E-state index is -0.608. The molecule has 0 atom stereocenters. The quantitative estimate of drug-likeness (QED) is 0.376. The third kappa shape index (κ3) is 3.86. The highest BCUT2D eigenvalue weighted by molar-refractivity contribution is 6.01. The van der Waals surface area contributed by atoms with Gasteiger partial charge in [-0.05, 0) is 60.7 Å². The lowest BCUT2D eigenvalue weighted by atomic mass is 9.94. The van der Waals surface area contributed by atoms with Gasteiger partial charge in [-0.15, -0.1) is 0 Å². The Hall–Kier alpha value is -3.35. The molecule has 4 aromatic rings. The van der Waals surface area contributed by atoms with Crippen LogP contribution in [0.15, 0.2) is 30.5 Å². The Bertz CT molecular complexity index is 1370. The molecule has 7 heteroatoms. The van der Waals surface area contributed by atoms with E-state index >= 15 is 4.39 Å². The maximum Gasteiger partial charge on any atom is 0.175 e. The molecule has 5 nitrogen and oxygen atoms in total. The van der Waals surface area contributed by atoms with Crippen molar-refractivity contribution in [3.05, 3.63) is 53.5 Å². The molecule has 33 heavy (non-hydrogen) atoms. The summed E-state index contributed by atoms with van der Waals surface area (Å²) in [5, 5.41) is 15.5. The Labute approximate surface area is 190 Å². The number of aromatic nitrogens is 3. The SMILES string of the molecule is CCc1c(F)ccc2cc(O)cc(-c3ncc4c(NC5CCCCC5)nc(C)nc4c3F)c12. The zero-order valence-corrected chi connectivity index (χ0v) is 18.8. The fourth-order valence-corrected chi connectivity index (χ4v) is 4.94. The lowest BCUT2D eigenvalue weighted by Gasteiger charge is -2.24. The van der Waals surface area contributed by atoms with Crippen LogP contribution < -0.4 is 5.32 Å². The van der Waals surface area contributed by atoms with Gasteiger partial charge in [0.15, 0.2) is 5.82 Å². The first-order chi connectivity index (χ1) is 16.0. The van der Waals surface area contributed by atoms with Crippen LogP contribution in [0.5, 0.6) is 5.75 Å². The number of rotatable bonds is 4. The number of nitrogens with zero attached hydrogens (tertiary/aromatic N) is 3. The van der Waals surface area contributed by atoms with Crippen molar-refractivity contribution in [2.75, 3.05) is 5.32 Å². The zero-order valence-electron chi connectivity index (χ0n) is 18.8. The Morgan fingerprint density at radius 1 is 1.09 bits per heavy atom. The van der Waals surface area contributed by atoms with E-state index < -0.39 is 5.82 Å². The number of anilines is 1. The van der Waals surface area contributed by atoms with Crippen LogP contribution in [-0.2, 0) is 6.42 Å². The van der Waals surface area contributed by atoms with Crippen molar-refractivity contribution >= 4 is 27.5 Å². The molecule has 2 aromatic carbocycles. The van der Waals surface area contributed by atoms with Crippen molar-refractivity contribution < 1.29 is 13.9 Å². The number of aromatic hydroxyl groups is 1. The Balaban J connectivity index is 1.71. The largest absolute Gasteiger partial charge is 0.508 e. The molecule has 170 valence electrons. The smallest absolute Gasteiger partial charge is 0.175 e. The maximum absolute atomic E-state index is 15.9. The summed E-state index contributed by atoms with van der Waals surface area (Å²) in [5.74, 6) is 0.0329. The van der Waals surface area contributed by atoms with Gasteiger partial charge >= 0.3 is 0 Å². The Kier molecular flexibility index (Phi) is 5.56. The number of pyridine rings is 1. The summed E-state index contributed by atoms with van der Waals surface area (Å²) < 4.78 is 30.5. The van der Waals surface area contributed by atoms with E-state index in [2.05, 4.69) is 20.3 Å². The predicted molar refractivity (Wildman–Crippen MR) is 126 cm³/mol. The van der Waals surface area contributed by atoms with Crippen LogP contribution in [0.3, 0.4) is 0 Å². The van der Waals surface area contributed by atoms with Gasteiger partial charge in [-0.3, -0.25) is 4.98 Å². The average Bonchev–Trinajstić information content (AvgIpc) is 2.80. The third-order valence-electron chi connectivity index (χ3n) is 6.50. The van der Waals surface area contributed by atoms with Gasteiger partial charge in [0.25, 0.3) is 0 Å². The number of aryl methyl sites for hydroxylation is 2. The summed E-state index contributed by atoms with van der Waals surface area (Å²) >= 11 is 0. The lowest BCUT2D eigenvalue weighted by molar-refractivity contribution is 0.462. The van der Waals surface area contributed by atoms with Gasteiger partial charge in [0, 0.05) is 17.8 Å². The number of benzene rings is 2. The van der Waals surface area contributed by atoms with E-state index in [-0.39, 0.29) is 22.8 Å². The lowest BCUT2D eigenvalue weighted by Crippen LogP contribution is -2.23. The monoisotopic (exact) mass is 448 g/mol. The normalized spacial score (nSPS) is 14.8. The van der Waals surface area contributed by atoms with Gasteiger partial charge in [0.1, 0.15) is 34.4 Å². The molecule has 0 bridgehead atoms. The van der Waals surface area contributed by atoms with E-state index in [1.54, 1.807) is 25.3 Å². The number of nitrogens with one attached hydrogen (secondary N) is 1. The van der Waals surface area contributed by atoms with Gasteiger partial charge in [-0.2, -0.15) is 0 Å². The molecular formula is C26H26F2N4O. The standard InChI is InChI=1S/C26H26F2N4O/c1-3-18-21(27)10-9-15-11-17(33)12-19(22(15)18)24-23(28)25-20(13-29-24)26(31-14(2)30-25)32-16-7-5-4-6-8-16/h9-13,16,33H,3-8H2,1-2H3,(H,30,31,32). The summed E-state index contributed by atoms with van der Waals surface area (Å²) in [4.78, 5) is 13.3. The van der Waals surface area contributed by atoms with Crippen molar-refractivity contribution in [1.82, 2.24) is 15.0 Å². The highest BCUT2D eigenvalue weighted by atomic mass is 19.1. The van der Waals surface area contributed by atoms with Gasteiger partial charge in [0.2, 0.25) is 0 Å². The van der Waals surface area contributed by atoms with Crippen molar-refractivity contribution in [3.8, 4) is 17.0 Å². The van der Waals surface area contributed by atoms with Crippen LogP contribution in [0, 0.1) is 18.6 Å². The predicted octanol–water partition coefficient (Wildman–Crippen LogP) is 6.44. The summed E-state index contributed by atoms with van der Waals surface area (Å²) in [6, 6.07) is 6.24. The molecule has 0 saturated heterocycles. The molecule has 5 rings (SSSR count). The maximum atomic E-state index is 15.9. The summed E-state index contributed by atoms with van der Waals surface area (Å²) in [6.45, 7) is 3.58. The molecule has 2 aromatic heterocycles. The molecule has 2 heterocycles. The number of hydrogen-bond donors (Lipinski definition) is 2. The number of phenolic OH excluding ortho intramolecular Hbond substituents is 1. The molecule has 0 spiro atoms. The van der Waals surface area contributed by atoms with Crippen LogP contribution in [-0.4, -0.2) is 26.1 Å². The Morgan fingerprint density at radius 2 is 1.88 bits per heavy atom. The molecule has 0 radical (unpaired) electrons. The molecular weight excluding hydrogens is 422 g/mol. The molecule has 2 N–H and O–H groups in total. The van der Waals surface area contributed by atoms with Gasteiger partial charge in [0.05, 0.1) is 5.39 Å². The summed E-state index contributed by atoms with van der Waals surface area (Å²) in [7, 11) is 0. The van der Waals surface area contributed by atoms with Gasteiger partial charge in [-0.25, -0.2) is 18.7 Å². The average molecular weight is 449 g/mol. The van der Waals surface area contributed by atoms with E-state index in [1.165, 1.54) is 18.6 Å². The molecule has 1 aliphatic carbocycles. The first-order valence-electron chi connectivity index (χ1n) is 11.5. The van der Waals surface area contributed by atoms with E-state index in [0.29, 0.717) is 51.4 Å².